The van der Waals surface area contributed by atoms with Crippen molar-refractivity contribution in [1.82, 2.24) is 16.0 Å². The van der Waals surface area contributed by atoms with E-state index >= 15 is 0 Å². The Balaban J connectivity index is 3.62. The summed E-state index contributed by atoms with van der Waals surface area (Å²) in [6, 6.07) is -1.24. The van der Waals surface area contributed by atoms with Gasteiger partial charge in [0.25, 0.3) is 0 Å². The number of hydrogen-bond donors (Lipinski definition) is 5. The lowest BCUT2D eigenvalue weighted by molar-refractivity contribution is -0.143. The Morgan fingerprint density at radius 2 is 1.00 bits per heavy atom. The van der Waals surface area contributed by atoms with Gasteiger partial charge in [0.2, 0.25) is 17.7 Å². The highest BCUT2D eigenvalue weighted by Crippen LogP contribution is 2.13. The van der Waals surface area contributed by atoms with Crippen LogP contribution in [0, 0.1) is 0 Å². The third-order valence-corrected chi connectivity index (χ3v) is 7.14. The largest absolute Gasteiger partial charge is 0.481 e. The predicted molar refractivity (Wildman–Crippen MR) is 176 cm³/mol. The first kappa shape index (κ1) is 44.9. The molecule has 0 saturated carbocycles. The zero-order valence-electron chi connectivity index (χ0n) is 28.5. The predicted octanol–water partition coefficient (Wildman–Crippen LogP) is 2.38. The Labute approximate surface area is 284 Å². The number of carboxylic acids is 2. The van der Waals surface area contributed by atoms with Gasteiger partial charge in [0.1, 0.15) is 25.5 Å². The van der Waals surface area contributed by atoms with E-state index in [1.807, 2.05) is 0 Å². The minimum atomic E-state index is -1.26. The van der Waals surface area contributed by atoms with Gasteiger partial charge < -0.3 is 49.9 Å². The number of nitrogens with one attached hydrogen (secondary N) is 3. The van der Waals surface area contributed by atoms with E-state index in [9.17, 15) is 33.9 Å². The summed E-state index contributed by atoms with van der Waals surface area (Å²) in [5.41, 5.74) is 0. The van der Waals surface area contributed by atoms with Crippen LogP contribution in [0.25, 0.3) is 0 Å². The fraction of sp³-hybridized carbons (Fsp3) is 0.818. The Morgan fingerprint density at radius 1 is 0.542 bits per heavy atom. The summed E-state index contributed by atoms with van der Waals surface area (Å²) in [6.45, 7) is 1.62. The molecule has 0 aromatic heterocycles. The van der Waals surface area contributed by atoms with Crippen molar-refractivity contribution in [2.24, 2.45) is 0 Å². The molecule has 278 valence electrons. The van der Waals surface area contributed by atoms with E-state index in [0.29, 0.717) is 25.9 Å². The molecule has 0 aliphatic heterocycles. The van der Waals surface area contributed by atoms with Gasteiger partial charge in [0.15, 0.2) is 0 Å². The normalized spacial score (nSPS) is 11.5. The summed E-state index contributed by atoms with van der Waals surface area (Å²) in [7, 11) is 0. The van der Waals surface area contributed by atoms with Gasteiger partial charge in [-0.2, -0.15) is 0 Å². The zero-order chi connectivity index (χ0) is 35.5. The third-order valence-electron chi connectivity index (χ3n) is 7.14. The number of carbonyl (C=O) groups excluding carboxylic acids is 4. The van der Waals surface area contributed by atoms with Crippen LogP contribution in [0.4, 0.5) is 0 Å². The third kappa shape index (κ3) is 32.8. The fourth-order valence-corrected chi connectivity index (χ4v) is 4.54. The summed E-state index contributed by atoms with van der Waals surface area (Å²) < 4.78 is 20.7. The maximum absolute atomic E-state index is 12.1. The Hall–Kier alpha value is -3.14. The van der Waals surface area contributed by atoms with Gasteiger partial charge in [-0.25, -0.2) is 4.79 Å². The number of aliphatic carboxylic acids is 2. The second-order valence-electron chi connectivity index (χ2n) is 11.4. The summed E-state index contributed by atoms with van der Waals surface area (Å²) in [4.78, 5) is 68.0. The molecule has 0 radical (unpaired) electrons. The maximum atomic E-state index is 12.1. The van der Waals surface area contributed by atoms with Crippen LogP contribution in [0.2, 0.25) is 0 Å². The Morgan fingerprint density at radius 3 is 1.50 bits per heavy atom. The zero-order valence-corrected chi connectivity index (χ0v) is 28.5. The van der Waals surface area contributed by atoms with Crippen LogP contribution in [0.15, 0.2) is 0 Å². The quantitative estimate of drug-likeness (QED) is 0.0474. The number of hydrogen-bond acceptors (Lipinski definition) is 10. The van der Waals surface area contributed by atoms with E-state index in [1.165, 1.54) is 38.5 Å². The van der Waals surface area contributed by atoms with Crippen LogP contribution in [-0.4, -0.2) is 118 Å². The van der Waals surface area contributed by atoms with E-state index in [0.717, 1.165) is 38.5 Å². The van der Waals surface area contributed by atoms with Gasteiger partial charge in [0.05, 0.1) is 39.6 Å². The number of unbranched alkanes of at least 4 members (excludes halogenated alkanes) is 11. The number of amides is 3. The number of aldehydes is 1. The van der Waals surface area contributed by atoms with Crippen LogP contribution >= 0.6 is 0 Å². The van der Waals surface area contributed by atoms with Crippen LogP contribution < -0.4 is 16.0 Å². The van der Waals surface area contributed by atoms with E-state index < -0.39 is 23.9 Å². The first-order chi connectivity index (χ1) is 23.3. The second-order valence-corrected chi connectivity index (χ2v) is 11.4. The highest BCUT2D eigenvalue weighted by molar-refractivity contribution is 5.85. The molecule has 1 atom stereocenters. The Kier molecular flexibility index (Phi) is 31.5. The van der Waals surface area contributed by atoms with Crippen molar-refractivity contribution >= 4 is 35.9 Å². The highest BCUT2D eigenvalue weighted by atomic mass is 16.5. The van der Waals surface area contributed by atoms with E-state index in [2.05, 4.69) is 16.0 Å². The molecule has 0 aromatic carbocycles. The summed E-state index contributed by atoms with van der Waals surface area (Å²) in [5.74, 6) is -2.99. The van der Waals surface area contributed by atoms with Crippen LogP contribution in [0.5, 0.6) is 0 Å². The summed E-state index contributed by atoms with van der Waals surface area (Å²) >= 11 is 0. The SMILES string of the molecule is O=CCOCCOCCNC(=O)CC[C@H](NC(=O)COCCOCCNC(=O)CCCCCCCCCCCCCCC(=O)O)C(=O)O. The van der Waals surface area contributed by atoms with E-state index in [4.69, 9.17) is 24.1 Å². The number of carboxylic acid groups (broad SMARTS) is 2. The minimum Gasteiger partial charge on any atom is -0.481 e. The van der Waals surface area contributed by atoms with Crippen molar-refractivity contribution in [3.8, 4) is 0 Å². The van der Waals surface area contributed by atoms with E-state index in [-0.39, 0.29) is 83.9 Å². The van der Waals surface area contributed by atoms with Crippen LogP contribution in [0.3, 0.4) is 0 Å². The second kappa shape index (κ2) is 33.7. The van der Waals surface area contributed by atoms with Gasteiger partial charge >= 0.3 is 11.9 Å². The average molecular weight is 690 g/mol. The van der Waals surface area contributed by atoms with Crippen molar-refractivity contribution in [1.29, 1.82) is 0 Å². The van der Waals surface area contributed by atoms with E-state index in [1.54, 1.807) is 0 Å². The molecule has 0 heterocycles. The van der Waals surface area contributed by atoms with Crippen molar-refractivity contribution in [3.63, 3.8) is 0 Å². The summed E-state index contributed by atoms with van der Waals surface area (Å²) in [6.07, 6.45) is 14.3. The molecular formula is C33H59N3O12. The van der Waals surface area contributed by atoms with Crippen molar-refractivity contribution in [3.05, 3.63) is 0 Å². The van der Waals surface area contributed by atoms with Crippen molar-refractivity contribution in [2.45, 2.75) is 109 Å². The monoisotopic (exact) mass is 689 g/mol. The molecule has 48 heavy (non-hydrogen) atoms. The highest BCUT2D eigenvalue weighted by Gasteiger charge is 2.21. The molecule has 3 amide bonds. The molecule has 0 aliphatic carbocycles. The molecule has 0 rings (SSSR count). The van der Waals surface area contributed by atoms with Gasteiger partial charge in [-0.15, -0.1) is 0 Å². The van der Waals surface area contributed by atoms with Gasteiger partial charge in [-0.05, 0) is 19.3 Å². The lowest BCUT2D eigenvalue weighted by Gasteiger charge is -2.14. The van der Waals surface area contributed by atoms with Gasteiger partial charge in [-0.3, -0.25) is 19.2 Å². The van der Waals surface area contributed by atoms with Gasteiger partial charge in [0, 0.05) is 32.4 Å². The molecule has 15 heteroatoms. The topological polar surface area (TPSA) is 216 Å². The lowest BCUT2D eigenvalue weighted by atomic mass is 10.0. The smallest absolute Gasteiger partial charge is 0.326 e. The first-order valence-corrected chi connectivity index (χ1v) is 17.3. The average Bonchev–Trinajstić information content (AvgIpc) is 3.05. The molecule has 0 spiro atoms. The fourth-order valence-electron chi connectivity index (χ4n) is 4.54. The molecular weight excluding hydrogens is 630 g/mol. The molecule has 0 bridgehead atoms. The summed E-state index contributed by atoms with van der Waals surface area (Å²) in [5, 5.41) is 25.7. The number of ether oxygens (including phenoxy) is 4. The molecule has 0 unspecified atom stereocenters. The molecule has 15 nitrogen and oxygen atoms in total. The molecule has 0 saturated heterocycles. The van der Waals surface area contributed by atoms with Crippen LogP contribution in [0.1, 0.15) is 103 Å². The maximum Gasteiger partial charge on any atom is 0.326 e. The molecule has 5 N–H and O–H groups in total. The van der Waals surface area contributed by atoms with Crippen molar-refractivity contribution in [2.75, 3.05) is 65.9 Å². The lowest BCUT2D eigenvalue weighted by Crippen LogP contribution is -2.43. The standard InChI is InChI=1S/C33H59N3O12/c37-19-22-47-24-23-45-21-18-35-30(39)16-15-28(33(43)44)36-31(40)27-48-26-25-46-20-17-34-29(38)13-11-9-7-5-3-1-2-4-6-8-10-12-14-32(41)42/h19,28H,1-18,20-27H2,(H,34,38)(H,35,39)(H,36,40)(H,41,42)(H,43,44)/t28-/m0/s1. The minimum absolute atomic E-state index is 0.00283. The van der Waals surface area contributed by atoms with Gasteiger partial charge in [-0.1, -0.05) is 64.2 Å². The number of rotatable bonds is 36. The molecule has 0 fully saturated rings. The van der Waals surface area contributed by atoms with Crippen molar-refractivity contribution < 1.29 is 57.9 Å². The van der Waals surface area contributed by atoms with Crippen LogP contribution in [-0.2, 0) is 47.7 Å². The Bertz CT molecular complexity index is 875. The number of carbonyl (C=O) groups is 6. The molecule has 0 aliphatic rings. The molecule has 0 aromatic rings. The first-order valence-electron chi connectivity index (χ1n) is 17.3.